The highest BCUT2D eigenvalue weighted by Crippen LogP contribution is 2.37. The average molecular weight is 408 g/mol. The van der Waals surface area contributed by atoms with Crippen molar-refractivity contribution in [2.45, 2.75) is 6.04 Å². The maximum atomic E-state index is 14.1. The van der Waals surface area contributed by atoms with Crippen molar-refractivity contribution < 1.29 is 23.1 Å². The van der Waals surface area contributed by atoms with Crippen LogP contribution in [-0.2, 0) is 4.79 Å². The molecule has 0 saturated carbocycles. The minimum absolute atomic E-state index is 0.247. The summed E-state index contributed by atoms with van der Waals surface area (Å²) in [6, 6.07) is 15.3. The molecule has 1 atom stereocenters. The number of hydrogen-bond donors (Lipinski definition) is 1. The Morgan fingerprint density at radius 1 is 1.00 bits per heavy atom. The number of halogens is 2. The van der Waals surface area contributed by atoms with Crippen LogP contribution in [0.25, 0.3) is 0 Å². The van der Waals surface area contributed by atoms with Gasteiger partial charge in [0, 0.05) is 16.8 Å². The van der Waals surface area contributed by atoms with Gasteiger partial charge in [-0.15, -0.1) is 0 Å². The molecule has 0 fully saturated rings. The highest BCUT2D eigenvalue weighted by Gasteiger charge is 2.34. The van der Waals surface area contributed by atoms with Gasteiger partial charge in [-0.2, -0.15) is 0 Å². The zero-order valence-electron chi connectivity index (χ0n) is 16.1. The molecule has 4 rings (SSSR count). The standard InChI is InChI=1S/C23H18F2N2O3/c1-30-18-9-4-15(5-10-18)23(29)27-13-21(28)26-20-11-8-17(25)12-19(20)22(27)14-2-6-16(24)7-3-14/h2-12,22H,13H2,1H3,(H,26,28). The number of carbonyl (C=O) groups is 2. The molecule has 1 aliphatic heterocycles. The number of benzene rings is 3. The number of rotatable bonds is 3. The van der Waals surface area contributed by atoms with Crippen LogP contribution in [0, 0.1) is 11.6 Å². The van der Waals surface area contributed by atoms with Gasteiger partial charge in [0.15, 0.2) is 0 Å². The predicted octanol–water partition coefficient (Wildman–Crippen LogP) is 4.16. The van der Waals surface area contributed by atoms with E-state index in [1.165, 1.54) is 54.5 Å². The van der Waals surface area contributed by atoms with Crippen molar-refractivity contribution in [3.63, 3.8) is 0 Å². The van der Waals surface area contributed by atoms with Gasteiger partial charge >= 0.3 is 0 Å². The number of ether oxygens (including phenoxy) is 1. The van der Waals surface area contributed by atoms with E-state index in [-0.39, 0.29) is 6.54 Å². The third-order valence-electron chi connectivity index (χ3n) is 4.99. The zero-order chi connectivity index (χ0) is 21.3. The number of nitrogens with zero attached hydrogens (tertiary/aromatic N) is 1. The van der Waals surface area contributed by atoms with E-state index in [0.29, 0.717) is 28.1 Å². The lowest BCUT2D eigenvalue weighted by Gasteiger charge is -2.30. The normalized spacial score (nSPS) is 15.8. The average Bonchev–Trinajstić information content (AvgIpc) is 2.89. The Balaban J connectivity index is 1.85. The second-order valence-corrected chi connectivity index (χ2v) is 6.90. The summed E-state index contributed by atoms with van der Waals surface area (Å²) in [6.45, 7) is -0.247. The Hall–Kier alpha value is -3.74. The molecule has 1 heterocycles. The Kier molecular flexibility index (Phi) is 5.18. The fraction of sp³-hybridized carbons (Fsp3) is 0.130. The lowest BCUT2D eigenvalue weighted by molar-refractivity contribution is -0.117. The van der Waals surface area contributed by atoms with Crippen molar-refractivity contribution in [2.24, 2.45) is 0 Å². The summed E-state index contributed by atoms with van der Waals surface area (Å²) >= 11 is 0. The van der Waals surface area contributed by atoms with Crippen LogP contribution >= 0.6 is 0 Å². The molecule has 7 heteroatoms. The molecule has 1 aliphatic rings. The smallest absolute Gasteiger partial charge is 0.255 e. The molecule has 2 amide bonds. The van der Waals surface area contributed by atoms with Crippen molar-refractivity contribution in [1.29, 1.82) is 0 Å². The van der Waals surface area contributed by atoms with Crippen LogP contribution in [0.2, 0.25) is 0 Å². The van der Waals surface area contributed by atoms with Crippen LogP contribution in [0.1, 0.15) is 27.5 Å². The highest BCUT2D eigenvalue weighted by molar-refractivity contribution is 6.01. The van der Waals surface area contributed by atoms with Gasteiger partial charge < -0.3 is 15.0 Å². The van der Waals surface area contributed by atoms with Crippen LogP contribution in [0.15, 0.2) is 66.7 Å². The van der Waals surface area contributed by atoms with Gasteiger partial charge in [0.2, 0.25) is 5.91 Å². The maximum Gasteiger partial charge on any atom is 0.255 e. The molecule has 1 unspecified atom stereocenters. The van der Waals surface area contributed by atoms with Gasteiger partial charge in [-0.25, -0.2) is 8.78 Å². The van der Waals surface area contributed by atoms with Crippen LogP contribution < -0.4 is 10.1 Å². The molecule has 152 valence electrons. The van der Waals surface area contributed by atoms with Gasteiger partial charge in [-0.3, -0.25) is 9.59 Å². The first-order chi connectivity index (χ1) is 14.5. The first-order valence-corrected chi connectivity index (χ1v) is 9.26. The van der Waals surface area contributed by atoms with Gasteiger partial charge in [0.05, 0.1) is 13.2 Å². The molecule has 0 radical (unpaired) electrons. The Morgan fingerprint density at radius 3 is 2.33 bits per heavy atom. The number of hydrogen-bond acceptors (Lipinski definition) is 3. The summed E-state index contributed by atoms with van der Waals surface area (Å²) < 4.78 is 32.8. The number of anilines is 1. The van der Waals surface area contributed by atoms with Crippen molar-refractivity contribution in [2.75, 3.05) is 19.0 Å². The molecule has 30 heavy (non-hydrogen) atoms. The molecule has 0 bridgehead atoms. The largest absolute Gasteiger partial charge is 0.497 e. The van der Waals surface area contributed by atoms with E-state index >= 15 is 0 Å². The van der Waals surface area contributed by atoms with Crippen molar-refractivity contribution in [3.05, 3.63) is 95.1 Å². The molecule has 3 aromatic rings. The van der Waals surface area contributed by atoms with Crippen molar-refractivity contribution in [3.8, 4) is 5.75 Å². The predicted molar refractivity (Wildman–Crippen MR) is 107 cm³/mol. The van der Waals surface area contributed by atoms with Gasteiger partial charge in [-0.05, 0) is 60.2 Å². The monoisotopic (exact) mass is 408 g/mol. The molecule has 0 spiro atoms. The van der Waals surface area contributed by atoms with E-state index in [4.69, 9.17) is 4.74 Å². The fourth-order valence-corrected chi connectivity index (χ4v) is 3.57. The highest BCUT2D eigenvalue weighted by atomic mass is 19.1. The minimum Gasteiger partial charge on any atom is -0.497 e. The van der Waals surface area contributed by atoms with E-state index in [0.717, 1.165) is 0 Å². The summed E-state index contributed by atoms with van der Waals surface area (Å²) in [4.78, 5) is 27.3. The van der Waals surface area contributed by atoms with Gasteiger partial charge in [0.1, 0.15) is 23.9 Å². The zero-order valence-corrected chi connectivity index (χ0v) is 16.1. The molecule has 0 aliphatic carbocycles. The number of carbonyl (C=O) groups excluding carboxylic acids is 2. The van der Waals surface area contributed by atoms with Gasteiger partial charge in [-0.1, -0.05) is 12.1 Å². The van der Waals surface area contributed by atoms with E-state index in [1.54, 1.807) is 24.3 Å². The third-order valence-corrected chi connectivity index (χ3v) is 4.99. The van der Waals surface area contributed by atoms with E-state index in [2.05, 4.69) is 5.32 Å². The Labute approximate surface area is 171 Å². The summed E-state index contributed by atoms with van der Waals surface area (Å²) in [6.07, 6.45) is 0. The van der Waals surface area contributed by atoms with Crippen molar-refractivity contribution >= 4 is 17.5 Å². The van der Waals surface area contributed by atoms with E-state index in [1.807, 2.05) is 0 Å². The maximum absolute atomic E-state index is 14.1. The Bertz CT molecular complexity index is 1100. The topological polar surface area (TPSA) is 58.6 Å². The minimum atomic E-state index is -0.787. The summed E-state index contributed by atoms with van der Waals surface area (Å²) in [5.41, 5.74) is 1.72. The fourth-order valence-electron chi connectivity index (χ4n) is 3.57. The van der Waals surface area contributed by atoms with E-state index < -0.39 is 29.5 Å². The molecular weight excluding hydrogens is 390 g/mol. The first kappa shape index (κ1) is 19.6. The second kappa shape index (κ2) is 7.94. The lowest BCUT2D eigenvalue weighted by atomic mass is 9.95. The van der Waals surface area contributed by atoms with Crippen LogP contribution in [0.3, 0.4) is 0 Å². The van der Waals surface area contributed by atoms with Crippen LogP contribution in [-0.4, -0.2) is 30.4 Å². The number of nitrogens with one attached hydrogen (secondary N) is 1. The molecular formula is C23H18F2N2O3. The third kappa shape index (κ3) is 3.74. The second-order valence-electron chi connectivity index (χ2n) is 6.90. The lowest BCUT2D eigenvalue weighted by Crippen LogP contribution is -2.39. The summed E-state index contributed by atoms with van der Waals surface area (Å²) in [5, 5.41) is 2.72. The van der Waals surface area contributed by atoms with Crippen LogP contribution in [0.4, 0.5) is 14.5 Å². The van der Waals surface area contributed by atoms with E-state index in [9.17, 15) is 18.4 Å². The SMILES string of the molecule is COc1ccc(C(=O)N2CC(=O)Nc3ccc(F)cc3C2c2ccc(F)cc2)cc1. The molecule has 0 saturated heterocycles. The van der Waals surface area contributed by atoms with Gasteiger partial charge in [0.25, 0.3) is 5.91 Å². The number of fused-ring (bicyclic) bond motifs is 1. The number of amides is 2. The molecule has 5 nitrogen and oxygen atoms in total. The summed E-state index contributed by atoms with van der Waals surface area (Å²) in [5.74, 6) is -1.18. The summed E-state index contributed by atoms with van der Waals surface area (Å²) in [7, 11) is 1.52. The quantitative estimate of drug-likeness (QED) is 0.708. The molecule has 0 aromatic heterocycles. The molecule has 3 aromatic carbocycles. The first-order valence-electron chi connectivity index (χ1n) is 9.26. The van der Waals surface area contributed by atoms with Crippen molar-refractivity contribution in [1.82, 2.24) is 4.90 Å². The molecule has 1 N–H and O–H groups in total. The Morgan fingerprint density at radius 2 is 1.67 bits per heavy atom. The van der Waals surface area contributed by atoms with Crippen LogP contribution in [0.5, 0.6) is 5.75 Å². The number of methoxy groups -OCH3 is 1.